The van der Waals surface area contributed by atoms with E-state index in [0.717, 1.165) is 35.5 Å². The van der Waals surface area contributed by atoms with Crippen LogP contribution in [-0.4, -0.2) is 20.8 Å². The minimum absolute atomic E-state index is 0.0460. The van der Waals surface area contributed by atoms with Crippen LogP contribution >= 0.6 is 11.8 Å². The molecule has 0 fully saturated rings. The van der Waals surface area contributed by atoms with Crippen LogP contribution in [-0.2, 0) is 12.8 Å². The van der Waals surface area contributed by atoms with E-state index in [-0.39, 0.29) is 10.6 Å². The van der Waals surface area contributed by atoms with Gasteiger partial charge in [0.25, 0.3) is 0 Å². The first kappa shape index (κ1) is 13.2. The van der Waals surface area contributed by atoms with Gasteiger partial charge in [0.15, 0.2) is 5.84 Å². The number of aromatic nitrogens is 1. The summed E-state index contributed by atoms with van der Waals surface area (Å²) in [6.07, 6.45) is 3.21. The molecule has 3 N–H and O–H groups in total. The molecule has 4 nitrogen and oxygen atoms in total. The van der Waals surface area contributed by atoms with Crippen molar-refractivity contribution in [2.24, 2.45) is 10.9 Å². The molecule has 0 saturated heterocycles. The van der Waals surface area contributed by atoms with Crippen molar-refractivity contribution in [1.82, 2.24) is 4.98 Å². The molecule has 18 heavy (non-hydrogen) atoms. The lowest BCUT2D eigenvalue weighted by atomic mass is 10.1. The van der Waals surface area contributed by atoms with Crippen LogP contribution < -0.4 is 5.73 Å². The van der Waals surface area contributed by atoms with Crippen molar-refractivity contribution in [3.63, 3.8) is 0 Å². The number of hydrogen-bond donors (Lipinski definition) is 2. The molecule has 1 heterocycles. The Morgan fingerprint density at radius 2 is 2.17 bits per heavy atom. The molecule has 0 unspecified atom stereocenters. The number of pyridine rings is 1. The first-order valence-electron chi connectivity index (χ1n) is 6.10. The van der Waals surface area contributed by atoms with E-state index in [1.165, 1.54) is 5.56 Å². The number of fused-ring (bicyclic) bond motifs is 1. The predicted octanol–water partition coefficient (Wildman–Crippen LogP) is 2.56. The van der Waals surface area contributed by atoms with Gasteiger partial charge in [-0.3, -0.25) is 0 Å². The van der Waals surface area contributed by atoms with Gasteiger partial charge < -0.3 is 10.9 Å². The van der Waals surface area contributed by atoms with Gasteiger partial charge in [-0.15, -0.1) is 0 Å². The summed E-state index contributed by atoms with van der Waals surface area (Å²) < 4.78 is 0.0460. The van der Waals surface area contributed by atoms with Gasteiger partial charge in [0.05, 0.1) is 5.56 Å². The van der Waals surface area contributed by atoms with E-state index >= 15 is 0 Å². The largest absolute Gasteiger partial charge is 0.409 e. The Morgan fingerprint density at radius 3 is 2.78 bits per heavy atom. The van der Waals surface area contributed by atoms with E-state index in [2.05, 4.69) is 25.9 Å². The number of aryl methyl sites for hydroxylation is 2. The lowest BCUT2D eigenvalue weighted by Gasteiger charge is -2.19. The molecule has 0 spiro atoms. The van der Waals surface area contributed by atoms with Crippen molar-refractivity contribution >= 4 is 17.6 Å². The normalized spacial score (nSPS) is 15.8. The average Bonchev–Trinajstić information content (AvgIpc) is 2.71. The van der Waals surface area contributed by atoms with Gasteiger partial charge in [-0.1, -0.05) is 37.7 Å². The summed E-state index contributed by atoms with van der Waals surface area (Å²) in [6.45, 7) is 6.38. The number of oxime groups is 1. The van der Waals surface area contributed by atoms with Gasteiger partial charge in [-0.25, -0.2) is 4.98 Å². The number of rotatable bonds is 2. The van der Waals surface area contributed by atoms with Crippen molar-refractivity contribution in [2.75, 3.05) is 0 Å². The summed E-state index contributed by atoms with van der Waals surface area (Å²) in [6, 6.07) is 2.03. The first-order chi connectivity index (χ1) is 8.40. The number of nitrogens with zero attached hydrogens (tertiary/aromatic N) is 2. The van der Waals surface area contributed by atoms with Gasteiger partial charge in [0, 0.05) is 10.4 Å². The highest BCUT2D eigenvalue weighted by molar-refractivity contribution is 8.00. The van der Waals surface area contributed by atoms with Gasteiger partial charge in [-0.05, 0) is 30.9 Å². The lowest BCUT2D eigenvalue weighted by molar-refractivity contribution is 0.318. The average molecular weight is 265 g/mol. The van der Waals surface area contributed by atoms with E-state index < -0.39 is 0 Å². The van der Waals surface area contributed by atoms with Crippen LogP contribution in [0.1, 0.15) is 44.0 Å². The molecule has 98 valence electrons. The summed E-state index contributed by atoms with van der Waals surface area (Å²) in [5, 5.41) is 12.9. The van der Waals surface area contributed by atoms with Crippen LogP contribution in [0.3, 0.4) is 0 Å². The second-order valence-corrected chi connectivity index (χ2v) is 7.32. The van der Waals surface area contributed by atoms with E-state index in [4.69, 9.17) is 15.9 Å². The molecular weight excluding hydrogens is 246 g/mol. The molecule has 0 bridgehead atoms. The quantitative estimate of drug-likeness (QED) is 0.283. The molecule has 5 heteroatoms. The van der Waals surface area contributed by atoms with Crippen LogP contribution in [0.5, 0.6) is 0 Å². The molecule has 0 radical (unpaired) electrons. The maximum Gasteiger partial charge on any atom is 0.172 e. The molecule has 1 aromatic heterocycles. The lowest BCUT2D eigenvalue weighted by Crippen LogP contribution is -2.18. The third-order valence-corrected chi connectivity index (χ3v) is 3.92. The second-order valence-electron chi connectivity index (χ2n) is 5.50. The Balaban J connectivity index is 2.48. The van der Waals surface area contributed by atoms with E-state index in [1.54, 1.807) is 11.8 Å². The first-order valence-corrected chi connectivity index (χ1v) is 6.92. The minimum Gasteiger partial charge on any atom is -0.409 e. The van der Waals surface area contributed by atoms with Crippen molar-refractivity contribution in [3.05, 3.63) is 22.9 Å². The van der Waals surface area contributed by atoms with Crippen LogP contribution in [0.15, 0.2) is 16.2 Å². The molecule has 0 atom stereocenters. The van der Waals surface area contributed by atoms with Crippen molar-refractivity contribution in [1.29, 1.82) is 0 Å². The predicted molar refractivity (Wildman–Crippen MR) is 74.4 cm³/mol. The monoisotopic (exact) mass is 265 g/mol. The third-order valence-electron chi connectivity index (χ3n) is 2.80. The molecule has 1 aliphatic rings. The van der Waals surface area contributed by atoms with Crippen molar-refractivity contribution in [2.45, 2.75) is 49.8 Å². The maximum atomic E-state index is 8.89. The molecule has 2 rings (SSSR count). The fourth-order valence-electron chi connectivity index (χ4n) is 2.06. The molecule has 1 aliphatic carbocycles. The highest BCUT2D eigenvalue weighted by Gasteiger charge is 2.22. The van der Waals surface area contributed by atoms with Crippen LogP contribution in [0.4, 0.5) is 0 Å². The SMILES string of the molecule is CC(C)(C)Sc1nc2c(cc1C(N)=NO)CCC2. The third kappa shape index (κ3) is 2.77. The molecule has 0 aliphatic heterocycles. The van der Waals surface area contributed by atoms with Crippen molar-refractivity contribution in [3.8, 4) is 0 Å². The minimum atomic E-state index is 0.0460. The van der Waals surface area contributed by atoms with E-state index in [9.17, 15) is 0 Å². The number of hydrogen-bond acceptors (Lipinski definition) is 4. The molecule has 1 aromatic rings. The number of thioether (sulfide) groups is 1. The topological polar surface area (TPSA) is 71.5 Å². The summed E-state index contributed by atoms with van der Waals surface area (Å²) in [7, 11) is 0. The van der Waals surface area contributed by atoms with Crippen LogP contribution in [0.2, 0.25) is 0 Å². The fraction of sp³-hybridized carbons (Fsp3) is 0.538. The summed E-state index contributed by atoms with van der Waals surface area (Å²) >= 11 is 1.65. The number of amidine groups is 1. The highest BCUT2D eigenvalue weighted by atomic mass is 32.2. The summed E-state index contributed by atoms with van der Waals surface area (Å²) in [5.74, 6) is 0.143. The van der Waals surface area contributed by atoms with E-state index in [1.807, 2.05) is 6.07 Å². The van der Waals surface area contributed by atoms with E-state index in [0.29, 0.717) is 0 Å². The fourth-order valence-corrected chi connectivity index (χ4v) is 3.07. The zero-order valence-electron chi connectivity index (χ0n) is 11.0. The van der Waals surface area contributed by atoms with Crippen LogP contribution in [0.25, 0.3) is 0 Å². The highest BCUT2D eigenvalue weighted by Crippen LogP contribution is 2.35. The van der Waals surface area contributed by atoms with Gasteiger partial charge in [0.1, 0.15) is 5.03 Å². The van der Waals surface area contributed by atoms with Gasteiger partial charge in [-0.2, -0.15) is 0 Å². The Labute approximate surface area is 112 Å². The van der Waals surface area contributed by atoms with Crippen LogP contribution in [0, 0.1) is 0 Å². The second kappa shape index (κ2) is 4.80. The number of nitrogens with two attached hydrogens (primary N) is 1. The standard InChI is InChI=1S/C13H19N3OS/c1-13(2,3)18-12-9(11(14)16-17)7-8-5-4-6-10(8)15-12/h7,17H,4-6H2,1-3H3,(H2,14,16). The molecule has 0 aromatic carbocycles. The zero-order valence-corrected chi connectivity index (χ0v) is 11.8. The summed E-state index contributed by atoms with van der Waals surface area (Å²) in [4.78, 5) is 4.70. The molecular formula is C13H19N3OS. The van der Waals surface area contributed by atoms with Gasteiger partial charge in [0.2, 0.25) is 0 Å². The zero-order chi connectivity index (χ0) is 13.3. The Morgan fingerprint density at radius 1 is 1.44 bits per heavy atom. The van der Waals surface area contributed by atoms with Crippen molar-refractivity contribution < 1.29 is 5.21 Å². The summed E-state index contributed by atoms with van der Waals surface area (Å²) in [5.41, 5.74) is 8.90. The smallest absolute Gasteiger partial charge is 0.172 e. The Hall–Kier alpha value is -1.23. The maximum absolute atomic E-state index is 8.89. The molecule has 0 saturated carbocycles. The van der Waals surface area contributed by atoms with Gasteiger partial charge >= 0.3 is 0 Å². The molecule has 0 amide bonds. The Kier molecular flexibility index (Phi) is 3.52. The Bertz CT molecular complexity index is 492.